The molecule has 3 fully saturated rings. The third kappa shape index (κ3) is 6.76. The van der Waals surface area contributed by atoms with E-state index in [2.05, 4.69) is 5.32 Å². The van der Waals surface area contributed by atoms with E-state index in [1.165, 1.54) is 63.4 Å². The number of ketones is 1. The maximum atomic E-state index is 15.4. The van der Waals surface area contributed by atoms with Gasteiger partial charge in [-0.15, -0.1) is 0 Å². The highest BCUT2D eigenvalue weighted by atomic mass is 16.6. The fraction of sp³-hybridized carbons (Fsp3) is 0.561. The number of urea groups is 1. The Morgan fingerprint density at radius 3 is 2.19 bits per heavy atom. The maximum Gasteiger partial charge on any atom is 0.338 e. The molecule has 0 radical (unpaired) electrons. The molecule has 2 bridgehead atoms. The zero-order valence-electron chi connectivity index (χ0n) is 33.5. The van der Waals surface area contributed by atoms with Crippen molar-refractivity contribution in [2.24, 2.45) is 16.7 Å². The van der Waals surface area contributed by atoms with Crippen molar-refractivity contribution >= 4 is 35.7 Å². The first kappa shape index (κ1) is 42.5. The lowest BCUT2D eigenvalue weighted by molar-refractivity contribution is -0.346. The topological polar surface area (TPSA) is 238 Å². The molecule has 11 atom stereocenters. The van der Waals surface area contributed by atoms with Crippen molar-refractivity contribution in [2.45, 2.75) is 108 Å². The van der Waals surface area contributed by atoms with Crippen molar-refractivity contribution in [2.75, 3.05) is 20.7 Å². The summed E-state index contributed by atoms with van der Waals surface area (Å²) in [6.45, 7) is 7.89. The lowest BCUT2D eigenvalue weighted by Gasteiger charge is -2.67. The van der Waals surface area contributed by atoms with Crippen LogP contribution in [0.3, 0.4) is 0 Å². The number of aliphatic hydroxyl groups excluding tert-OH is 2. The number of furan rings is 1. The minimum atomic E-state index is -2.39. The molecule has 17 nitrogen and oxygen atoms in total. The summed E-state index contributed by atoms with van der Waals surface area (Å²) >= 11 is 0. The average molecular weight is 811 g/mol. The van der Waals surface area contributed by atoms with E-state index in [1.54, 1.807) is 32.0 Å². The molecule has 58 heavy (non-hydrogen) atoms. The van der Waals surface area contributed by atoms with Crippen LogP contribution in [0.2, 0.25) is 0 Å². The minimum absolute atomic E-state index is 0.0138. The standard InChI is InChI=1S/C41H50N2O15/c1-20-25(56-36(50)30(47)29(24-15-12-16-53-24)42-37(51)43(7)8)18-41(52)34(57-35(49)23-13-10-9-11-14-23)32-39(6,26(46)17-27-40(32,19-54-27)58-22(3)45)33(48)31(55-21(2)44)28(20)38(41,4)5/h9-16,25-27,29-32,34,46-47,52H,17-19H2,1-8H3,(H,42,51)/t25?,26?,27?,29?,30?,31?,32?,34?,39-,40+,41?/m1/s1. The first-order valence-electron chi connectivity index (χ1n) is 18.9. The number of aliphatic hydroxyl groups is 3. The molecule has 1 aromatic heterocycles. The summed E-state index contributed by atoms with van der Waals surface area (Å²) in [7, 11) is 2.90. The first-order valence-corrected chi connectivity index (χ1v) is 18.9. The van der Waals surface area contributed by atoms with Gasteiger partial charge in [0.05, 0.1) is 35.9 Å². The number of ether oxygens (including phenoxy) is 5. The largest absolute Gasteiger partial charge is 0.467 e. The minimum Gasteiger partial charge on any atom is -0.467 e. The quantitative estimate of drug-likeness (QED) is 0.161. The third-order valence-electron chi connectivity index (χ3n) is 12.5. The van der Waals surface area contributed by atoms with Crippen molar-refractivity contribution in [3.8, 4) is 0 Å². The van der Waals surface area contributed by atoms with E-state index in [0.717, 1.165) is 13.8 Å². The number of amides is 2. The Balaban J connectivity index is 1.56. The van der Waals surface area contributed by atoms with Crippen LogP contribution in [0.5, 0.6) is 0 Å². The van der Waals surface area contributed by atoms with E-state index in [-0.39, 0.29) is 35.5 Å². The van der Waals surface area contributed by atoms with Crippen LogP contribution in [0.1, 0.15) is 76.5 Å². The molecule has 6 rings (SSSR count). The maximum absolute atomic E-state index is 15.4. The number of esters is 4. The smallest absolute Gasteiger partial charge is 0.338 e. The van der Waals surface area contributed by atoms with Gasteiger partial charge in [-0.1, -0.05) is 32.0 Å². The van der Waals surface area contributed by atoms with Crippen LogP contribution >= 0.6 is 0 Å². The number of fused-ring (bicyclic) bond motifs is 5. The Labute approximate surface area is 334 Å². The van der Waals surface area contributed by atoms with Crippen LogP contribution in [0.15, 0.2) is 64.3 Å². The fourth-order valence-electron chi connectivity index (χ4n) is 9.40. The van der Waals surface area contributed by atoms with Crippen LogP contribution in [0, 0.1) is 16.7 Å². The summed E-state index contributed by atoms with van der Waals surface area (Å²) in [6, 6.07) is 8.60. The van der Waals surface area contributed by atoms with Crippen LogP contribution in [-0.4, -0.2) is 124 Å². The lowest BCUT2D eigenvalue weighted by Crippen LogP contribution is -2.82. The van der Waals surface area contributed by atoms with Gasteiger partial charge in [-0.25, -0.2) is 14.4 Å². The second kappa shape index (κ2) is 15.3. The van der Waals surface area contributed by atoms with Crippen molar-refractivity contribution in [3.05, 3.63) is 71.2 Å². The van der Waals surface area contributed by atoms with Crippen molar-refractivity contribution in [3.63, 3.8) is 0 Å². The van der Waals surface area contributed by atoms with Gasteiger partial charge in [0.15, 0.2) is 23.6 Å². The number of benzene rings is 1. The molecular weight excluding hydrogens is 760 g/mol. The van der Waals surface area contributed by atoms with Gasteiger partial charge in [0.25, 0.3) is 0 Å². The SMILES string of the molecule is CC(=O)OC1C(=O)[C@]2(C)C(O)CC3OC[C@@]3(OC(C)=O)C2C(OC(=O)c2ccccc2)C2(O)CC(OC(=O)C(O)C(NC(=O)N(C)C)c3ccco3)C(C)=C1C2(C)C. The van der Waals surface area contributed by atoms with Crippen molar-refractivity contribution in [1.82, 2.24) is 10.2 Å². The molecule has 9 unspecified atom stereocenters. The van der Waals surface area contributed by atoms with Gasteiger partial charge in [0.2, 0.25) is 0 Å². The second-order valence-electron chi connectivity index (χ2n) is 16.5. The molecule has 2 amide bonds. The van der Waals surface area contributed by atoms with Gasteiger partial charge < -0.3 is 53.6 Å². The predicted octanol–water partition coefficient (Wildman–Crippen LogP) is 2.17. The zero-order chi connectivity index (χ0) is 42.7. The Kier molecular flexibility index (Phi) is 11.2. The Bertz CT molecular complexity index is 2000. The molecule has 1 aromatic carbocycles. The summed E-state index contributed by atoms with van der Waals surface area (Å²) in [4.78, 5) is 83.3. The molecule has 4 N–H and O–H groups in total. The number of Topliss-reactive ketones (excluding diaryl/α,β-unsaturated/α-hetero) is 1. The molecule has 3 aliphatic carbocycles. The van der Waals surface area contributed by atoms with E-state index in [1.807, 2.05) is 0 Å². The van der Waals surface area contributed by atoms with E-state index in [9.17, 15) is 39.3 Å². The first-order chi connectivity index (χ1) is 27.1. The average Bonchev–Trinajstić information content (AvgIpc) is 3.69. The van der Waals surface area contributed by atoms with Gasteiger partial charge in [0.1, 0.15) is 35.7 Å². The van der Waals surface area contributed by atoms with Gasteiger partial charge in [-0.3, -0.25) is 14.4 Å². The summed E-state index contributed by atoms with van der Waals surface area (Å²) in [5.41, 5.74) is -7.67. The Morgan fingerprint density at radius 2 is 1.64 bits per heavy atom. The van der Waals surface area contributed by atoms with Crippen molar-refractivity contribution in [1.29, 1.82) is 0 Å². The van der Waals surface area contributed by atoms with E-state index in [0.29, 0.717) is 0 Å². The second-order valence-corrected chi connectivity index (χ2v) is 16.5. The molecular formula is C41H50N2O15. The van der Waals surface area contributed by atoms with Gasteiger partial charge in [0, 0.05) is 46.2 Å². The molecule has 17 heteroatoms. The number of carbonyl (C=O) groups excluding carboxylic acids is 6. The van der Waals surface area contributed by atoms with Crippen LogP contribution in [0.4, 0.5) is 4.79 Å². The molecule has 2 aromatic rings. The molecule has 314 valence electrons. The van der Waals surface area contributed by atoms with Gasteiger partial charge >= 0.3 is 29.9 Å². The highest BCUT2D eigenvalue weighted by Crippen LogP contribution is 2.64. The number of nitrogens with one attached hydrogen (secondary N) is 1. The number of hydrogen-bond donors (Lipinski definition) is 4. The molecule has 2 heterocycles. The van der Waals surface area contributed by atoms with Gasteiger partial charge in [-0.2, -0.15) is 0 Å². The van der Waals surface area contributed by atoms with E-state index >= 15 is 4.79 Å². The molecule has 2 saturated carbocycles. The van der Waals surface area contributed by atoms with Crippen molar-refractivity contribution < 1.29 is 72.2 Å². The molecule has 1 aliphatic heterocycles. The van der Waals surface area contributed by atoms with E-state index < -0.39 is 113 Å². The van der Waals surface area contributed by atoms with E-state index in [4.69, 9.17) is 28.1 Å². The third-order valence-corrected chi connectivity index (χ3v) is 12.5. The van der Waals surface area contributed by atoms with Gasteiger partial charge in [-0.05, 0) is 49.3 Å². The highest BCUT2D eigenvalue weighted by molar-refractivity contribution is 5.95. The number of nitrogens with zero attached hydrogens (tertiary/aromatic N) is 1. The number of carbonyl (C=O) groups is 6. The van der Waals surface area contributed by atoms with Crippen LogP contribution in [0.25, 0.3) is 0 Å². The Hall–Kier alpha value is -5.10. The van der Waals surface area contributed by atoms with Crippen LogP contribution < -0.4 is 5.32 Å². The number of hydrogen-bond acceptors (Lipinski definition) is 15. The predicted molar refractivity (Wildman–Crippen MR) is 198 cm³/mol. The summed E-state index contributed by atoms with van der Waals surface area (Å²) < 4.78 is 35.4. The summed E-state index contributed by atoms with van der Waals surface area (Å²) in [6.07, 6.45) is -9.31. The molecule has 4 aliphatic rings. The number of rotatable bonds is 9. The Morgan fingerprint density at radius 1 is 0.966 bits per heavy atom. The molecule has 0 spiro atoms. The summed E-state index contributed by atoms with van der Waals surface area (Å²) in [5.74, 6) is -6.31. The lowest BCUT2D eigenvalue weighted by atomic mass is 9.44. The summed E-state index contributed by atoms with van der Waals surface area (Å²) in [5, 5.41) is 39.5. The normalized spacial score (nSPS) is 33.3. The monoisotopic (exact) mass is 810 g/mol. The molecule has 1 saturated heterocycles. The van der Waals surface area contributed by atoms with Crippen LogP contribution in [-0.2, 0) is 42.9 Å². The fourth-order valence-corrected chi connectivity index (χ4v) is 9.40. The zero-order valence-corrected chi connectivity index (χ0v) is 33.5. The highest BCUT2D eigenvalue weighted by Gasteiger charge is 2.78.